The first-order valence-electron chi connectivity index (χ1n) is 11.3. The lowest BCUT2D eigenvalue weighted by molar-refractivity contribution is -0.753. The number of carboxylic acids is 1. The van der Waals surface area contributed by atoms with Crippen molar-refractivity contribution in [3.8, 4) is 0 Å². The zero-order chi connectivity index (χ0) is 28.0. The van der Waals surface area contributed by atoms with Gasteiger partial charge in [-0.25, -0.2) is 27.9 Å². The molecule has 0 aliphatic rings. The van der Waals surface area contributed by atoms with Crippen LogP contribution in [0.25, 0.3) is 0 Å². The molecule has 0 spiro atoms. The Morgan fingerprint density at radius 2 is 2.00 bits per heavy atom. The predicted molar refractivity (Wildman–Crippen MR) is 127 cm³/mol. The van der Waals surface area contributed by atoms with Crippen molar-refractivity contribution in [2.45, 2.75) is 44.2 Å². The fourth-order valence-electron chi connectivity index (χ4n) is 3.68. The highest BCUT2D eigenvalue weighted by Gasteiger charge is 2.43. The second-order valence-corrected chi connectivity index (χ2v) is 9.33. The number of rotatable bonds is 11. The molecule has 2 aromatic heterocycles. The monoisotopic (exact) mass is 555 g/mol. The Bertz CT molecular complexity index is 1300. The first-order chi connectivity index (χ1) is 18.0. The molecule has 3 rings (SSSR count). The van der Waals surface area contributed by atoms with Gasteiger partial charge in [0.1, 0.15) is 36.1 Å². The normalized spacial score (nSPS) is 15.3. The number of carbonyl (C=O) groups excluding carboxylic acids is 1. The third kappa shape index (κ3) is 6.65. The second-order valence-electron chi connectivity index (χ2n) is 8.37. The van der Waals surface area contributed by atoms with E-state index in [9.17, 15) is 27.9 Å². The quantitative estimate of drug-likeness (QED) is 0.238. The second kappa shape index (κ2) is 12.3. The number of benzene rings is 1. The van der Waals surface area contributed by atoms with Crippen LogP contribution in [0.15, 0.2) is 43.4 Å². The minimum absolute atomic E-state index is 0.0604. The van der Waals surface area contributed by atoms with Crippen molar-refractivity contribution in [3.63, 3.8) is 0 Å². The number of aromatic nitrogens is 5. The Labute approximate surface area is 219 Å². The van der Waals surface area contributed by atoms with E-state index in [1.807, 2.05) is 0 Å². The Kier molecular flexibility index (Phi) is 9.40. The molecule has 3 aromatic rings. The number of ether oxygens (including phenoxy) is 1. The van der Waals surface area contributed by atoms with Crippen molar-refractivity contribution in [2.75, 3.05) is 12.8 Å². The zero-order valence-electron chi connectivity index (χ0n) is 20.6. The molecule has 3 N–H and O–H groups in total. The summed E-state index contributed by atoms with van der Waals surface area (Å²) in [5, 5.41) is 26.7. The number of nitrogens with one attached hydrogen (secondary N) is 1. The van der Waals surface area contributed by atoms with Crippen molar-refractivity contribution >= 4 is 23.0 Å². The third-order valence-electron chi connectivity index (χ3n) is 5.92. The molecule has 0 aliphatic carbocycles. The first-order valence-corrected chi connectivity index (χ1v) is 12.2. The van der Waals surface area contributed by atoms with E-state index in [0.29, 0.717) is 17.8 Å². The number of aliphatic hydroxyl groups is 1. The largest absolute Gasteiger partial charge is 0.480 e. The van der Waals surface area contributed by atoms with Gasteiger partial charge in [0, 0.05) is 35.3 Å². The number of likely N-dealkylation sites (N-methyl/N-ethyl adjacent to an activating group) is 1. The molecule has 2 unspecified atom stereocenters. The van der Waals surface area contributed by atoms with E-state index in [4.69, 9.17) is 9.84 Å². The van der Waals surface area contributed by atoms with Crippen LogP contribution >= 0.6 is 11.8 Å². The van der Waals surface area contributed by atoms with Crippen molar-refractivity contribution in [1.29, 1.82) is 0 Å². The van der Waals surface area contributed by atoms with E-state index in [0.717, 1.165) is 24.7 Å². The van der Waals surface area contributed by atoms with Crippen molar-refractivity contribution in [2.24, 2.45) is 0 Å². The molecule has 0 aliphatic heterocycles. The number of thioether (sulfide) groups is 1. The van der Waals surface area contributed by atoms with Gasteiger partial charge in [0.25, 0.3) is 6.33 Å². The number of hydrogen-bond donors (Lipinski definition) is 3. The van der Waals surface area contributed by atoms with Crippen LogP contribution in [0.3, 0.4) is 0 Å². The van der Waals surface area contributed by atoms with Crippen LogP contribution in [0.5, 0.6) is 0 Å². The summed E-state index contributed by atoms with van der Waals surface area (Å²) in [5.41, 5.74) is -2.64. The van der Waals surface area contributed by atoms with Gasteiger partial charge in [-0.15, -0.1) is 4.68 Å². The molecule has 0 saturated carbocycles. The van der Waals surface area contributed by atoms with Crippen LogP contribution in [0.4, 0.5) is 18.0 Å². The van der Waals surface area contributed by atoms with Gasteiger partial charge in [0.2, 0.25) is 12.6 Å². The summed E-state index contributed by atoms with van der Waals surface area (Å²) in [6, 6.07) is 1.70. The number of carboxylic acid groups (broad SMARTS) is 1. The van der Waals surface area contributed by atoms with Gasteiger partial charge in [-0.2, -0.15) is 4.57 Å². The van der Waals surface area contributed by atoms with Gasteiger partial charge in [-0.3, -0.25) is 4.79 Å². The molecule has 11 nitrogen and oxygen atoms in total. The van der Waals surface area contributed by atoms with Crippen LogP contribution in [0, 0.1) is 17.5 Å². The number of hydrogen-bond acceptors (Lipinski definition) is 9. The molecule has 15 heteroatoms. The van der Waals surface area contributed by atoms with Gasteiger partial charge in [0.15, 0.2) is 5.82 Å². The molecule has 4 atom stereocenters. The summed E-state index contributed by atoms with van der Waals surface area (Å²) < 4.78 is 50.8. The molecule has 1 aromatic carbocycles. The van der Waals surface area contributed by atoms with Crippen LogP contribution in [-0.4, -0.2) is 60.1 Å². The SMILES string of the molecule is CN[C@@H](CSC(=O)OC(C)[n+]1cnn(CC(O)(c2ccc(F)cc2F)[C@@H](C)c2ncncc2F)c1)C(=O)O. The first kappa shape index (κ1) is 29.0. The standard InChI is InChI=1S/C23H25F3N6O5S/c1-13(20-18(26)7-28-10-29-20)23(36,16-5-4-15(24)6-17(16)25)9-32-12-31(11-30-32)14(2)37-22(35)38-8-19(27-3)21(33)34/h4-7,10-14,19,27,36H,8-9H2,1-3H3/p+1/t13-,14?,19-,23?/m0/s1. The highest BCUT2D eigenvalue weighted by Crippen LogP contribution is 2.39. The number of nitrogens with zero attached hydrogens (tertiary/aromatic N) is 5. The lowest BCUT2D eigenvalue weighted by Crippen LogP contribution is -2.41. The molecule has 0 fully saturated rings. The van der Waals surface area contributed by atoms with E-state index in [1.54, 1.807) is 0 Å². The maximum Gasteiger partial charge on any atom is 0.370 e. The van der Waals surface area contributed by atoms with Gasteiger partial charge >= 0.3 is 11.3 Å². The number of halogens is 3. The van der Waals surface area contributed by atoms with E-state index < -0.39 is 59.1 Å². The molecule has 0 amide bonds. The van der Waals surface area contributed by atoms with Crippen LogP contribution in [0.2, 0.25) is 0 Å². The molecule has 204 valence electrons. The van der Waals surface area contributed by atoms with Crippen molar-refractivity contribution < 1.29 is 42.3 Å². The fourth-order valence-corrected chi connectivity index (χ4v) is 4.50. The highest BCUT2D eigenvalue weighted by atomic mass is 32.2. The Morgan fingerprint density at radius 3 is 2.63 bits per heavy atom. The van der Waals surface area contributed by atoms with Crippen LogP contribution in [0.1, 0.15) is 37.3 Å². The average Bonchev–Trinajstić information content (AvgIpc) is 3.32. The van der Waals surface area contributed by atoms with Gasteiger partial charge in [-0.1, -0.05) is 13.0 Å². The van der Waals surface area contributed by atoms with Gasteiger partial charge in [-0.05, 0) is 24.9 Å². The van der Waals surface area contributed by atoms with Crippen LogP contribution < -0.4 is 9.88 Å². The lowest BCUT2D eigenvalue weighted by atomic mass is 9.79. The summed E-state index contributed by atoms with van der Waals surface area (Å²) in [6.07, 6.45) is 3.76. The van der Waals surface area contributed by atoms with E-state index in [1.165, 1.54) is 42.8 Å². The van der Waals surface area contributed by atoms with E-state index >= 15 is 0 Å². The minimum Gasteiger partial charge on any atom is -0.480 e. The summed E-state index contributed by atoms with van der Waals surface area (Å²) in [6.45, 7) is 2.55. The van der Waals surface area contributed by atoms with Crippen molar-refractivity contribution in [1.82, 2.24) is 25.1 Å². The molecule has 0 radical (unpaired) electrons. The smallest absolute Gasteiger partial charge is 0.370 e. The molecule has 0 saturated heterocycles. The fraction of sp³-hybridized carbons (Fsp3) is 0.391. The Balaban J connectivity index is 1.83. The molecule has 0 bridgehead atoms. The summed E-state index contributed by atoms with van der Waals surface area (Å²) in [7, 11) is 1.45. The predicted octanol–water partition coefficient (Wildman–Crippen LogP) is 2.13. The number of aliphatic carboxylic acids is 1. The molecular formula is C23H26F3N6O5S+. The zero-order valence-corrected chi connectivity index (χ0v) is 21.4. The topological polar surface area (TPSA) is 143 Å². The van der Waals surface area contributed by atoms with Gasteiger partial charge < -0.3 is 20.3 Å². The summed E-state index contributed by atoms with van der Waals surface area (Å²) in [4.78, 5) is 30.7. The highest BCUT2D eigenvalue weighted by molar-refractivity contribution is 8.13. The summed E-state index contributed by atoms with van der Waals surface area (Å²) >= 11 is 0.675. The minimum atomic E-state index is -2.15. The lowest BCUT2D eigenvalue weighted by Gasteiger charge is -2.32. The maximum absolute atomic E-state index is 14.8. The molecular weight excluding hydrogens is 529 g/mol. The number of carbonyl (C=O) groups is 2. The van der Waals surface area contributed by atoms with E-state index in [2.05, 4.69) is 20.4 Å². The average molecular weight is 556 g/mol. The summed E-state index contributed by atoms with van der Waals surface area (Å²) in [5.74, 6) is -5.03. The molecule has 38 heavy (non-hydrogen) atoms. The Morgan fingerprint density at radius 1 is 1.26 bits per heavy atom. The van der Waals surface area contributed by atoms with Crippen molar-refractivity contribution in [3.05, 3.63) is 72.1 Å². The molecule has 2 heterocycles. The van der Waals surface area contributed by atoms with Crippen LogP contribution in [-0.2, 0) is 21.7 Å². The van der Waals surface area contributed by atoms with Gasteiger partial charge in [0.05, 0.1) is 11.9 Å². The Hall–Kier alpha value is -3.56. The maximum atomic E-state index is 14.8. The van der Waals surface area contributed by atoms with E-state index in [-0.39, 0.29) is 17.0 Å². The third-order valence-corrected chi connectivity index (χ3v) is 6.76.